The molecule has 0 bridgehead atoms. The Hall–Kier alpha value is -1.82. The van der Waals surface area contributed by atoms with Gasteiger partial charge in [-0.25, -0.2) is 9.18 Å². The highest BCUT2D eigenvalue weighted by molar-refractivity contribution is 7.99. The molecule has 0 aliphatic rings. The lowest BCUT2D eigenvalue weighted by Gasteiger charge is -2.17. The number of rotatable bonds is 4. The Labute approximate surface area is 127 Å². The lowest BCUT2D eigenvalue weighted by molar-refractivity contribution is 0.201. The smallest absolute Gasteiger partial charge is 0.323 e. The minimum atomic E-state index is -0.282. The minimum absolute atomic E-state index is 0.170. The maximum absolute atomic E-state index is 13.7. The first-order chi connectivity index (χ1) is 10.0. The maximum atomic E-state index is 13.7. The van der Waals surface area contributed by atoms with Crippen LogP contribution < -0.4 is 0 Å². The van der Waals surface area contributed by atoms with E-state index in [4.69, 9.17) is 0 Å². The molecule has 1 heterocycles. The normalized spacial score (nSPS) is 10.7. The highest BCUT2D eigenvalue weighted by Crippen LogP contribution is 2.29. The molecule has 0 N–H and O–H groups in total. The molecule has 0 unspecified atom stereocenters. The van der Waals surface area contributed by atoms with E-state index in [1.807, 2.05) is 20.8 Å². The Kier molecular flexibility index (Phi) is 5.01. The molecule has 2 aromatic rings. The third kappa shape index (κ3) is 3.64. The molecule has 0 aliphatic carbocycles. The predicted octanol–water partition coefficient (Wildman–Crippen LogP) is 3.79. The third-order valence-corrected chi connectivity index (χ3v) is 4.06. The van der Waals surface area contributed by atoms with Crippen molar-refractivity contribution in [3.8, 4) is 0 Å². The van der Waals surface area contributed by atoms with Crippen LogP contribution in [-0.2, 0) is 0 Å². The van der Waals surface area contributed by atoms with Crippen LogP contribution in [0.4, 0.5) is 9.18 Å². The van der Waals surface area contributed by atoms with E-state index in [1.54, 1.807) is 29.3 Å². The fourth-order valence-electron chi connectivity index (χ4n) is 1.91. The van der Waals surface area contributed by atoms with Gasteiger partial charge in [0.15, 0.2) is 0 Å². The average Bonchev–Trinajstić information content (AvgIpc) is 2.92. The quantitative estimate of drug-likeness (QED) is 0.862. The van der Waals surface area contributed by atoms with Gasteiger partial charge in [-0.1, -0.05) is 17.8 Å². The summed E-state index contributed by atoms with van der Waals surface area (Å²) in [6.45, 7) is 7.01. The van der Waals surface area contributed by atoms with Gasteiger partial charge in [-0.2, -0.15) is 9.78 Å². The summed E-state index contributed by atoms with van der Waals surface area (Å²) in [5.41, 5.74) is 0.984. The Morgan fingerprint density at radius 1 is 1.33 bits per heavy atom. The van der Waals surface area contributed by atoms with Crippen LogP contribution in [0, 0.1) is 12.7 Å². The van der Waals surface area contributed by atoms with Crippen LogP contribution in [0.5, 0.6) is 0 Å². The van der Waals surface area contributed by atoms with Crippen molar-refractivity contribution in [3.05, 3.63) is 41.8 Å². The molecule has 1 aromatic carbocycles. The minimum Gasteiger partial charge on any atom is -0.323 e. The number of nitrogens with zero attached hydrogens (tertiary/aromatic N) is 3. The van der Waals surface area contributed by atoms with Gasteiger partial charge in [0.2, 0.25) is 0 Å². The molecule has 0 atom stereocenters. The summed E-state index contributed by atoms with van der Waals surface area (Å²) in [5, 5.41) is 4.81. The summed E-state index contributed by atoms with van der Waals surface area (Å²) in [7, 11) is 0. The number of benzene rings is 1. The Morgan fingerprint density at radius 3 is 2.71 bits per heavy atom. The van der Waals surface area contributed by atoms with Crippen molar-refractivity contribution in [1.82, 2.24) is 14.7 Å². The standard InChI is InChI=1S/C15H18FN3OS/c1-4-18(5-2)15(20)19-9-8-14(17-19)21-13-10-11(3)6-7-12(13)16/h6-10H,4-5H2,1-3H3. The van der Waals surface area contributed by atoms with Gasteiger partial charge in [0, 0.05) is 24.2 Å². The molecule has 1 amide bonds. The van der Waals surface area contributed by atoms with Gasteiger partial charge in [0.1, 0.15) is 10.8 Å². The lowest BCUT2D eigenvalue weighted by atomic mass is 10.2. The fourth-order valence-corrected chi connectivity index (χ4v) is 2.80. The zero-order valence-corrected chi connectivity index (χ0v) is 13.2. The number of carbonyl (C=O) groups is 1. The summed E-state index contributed by atoms with van der Waals surface area (Å²) in [6, 6.07) is 6.48. The van der Waals surface area contributed by atoms with E-state index < -0.39 is 0 Å². The summed E-state index contributed by atoms with van der Waals surface area (Å²) in [6.07, 6.45) is 1.61. The molecular weight excluding hydrogens is 289 g/mol. The van der Waals surface area contributed by atoms with Crippen molar-refractivity contribution in [2.24, 2.45) is 0 Å². The summed E-state index contributed by atoms with van der Waals surface area (Å²) < 4.78 is 15.0. The van der Waals surface area contributed by atoms with E-state index in [0.29, 0.717) is 23.0 Å². The van der Waals surface area contributed by atoms with Crippen LogP contribution in [0.1, 0.15) is 19.4 Å². The number of amides is 1. The average molecular weight is 307 g/mol. The second kappa shape index (κ2) is 6.76. The van der Waals surface area contributed by atoms with E-state index in [1.165, 1.54) is 22.5 Å². The number of hydrogen-bond donors (Lipinski definition) is 0. The monoisotopic (exact) mass is 307 g/mol. The Bertz CT molecular complexity index is 638. The van der Waals surface area contributed by atoms with E-state index in [-0.39, 0.29) is 11.8 Å². The second-order valence-electron chi connectivity index (χ2n) is 4.59. The SMILES string of the molecule is CCN(CC)C(=O)n1ccc(Sc2cc(C)ccc2F)n1. The molecule has 2 rings (SSSR count). The largest absolute Gasteiger partial charge is 0.344 e. The molecule has 1 aromatic heterocycles. The zero-order chi connectivity index (χ0) is 15.4. The molecule has 6 heteroatoms. The predicted molar refractivity (Wildman–Crippen MR) is 81.2 cm³/mol. The van der Waals surface area contributed by atoms with Crippen LogP contribution in [-0.4, -0.2) is 33.8 Å². The first kappa shape index (κ1) is 15.6. The molecule has 0 spiro atoms. The van der Waals surface area contributed by atoms with Crippen LogP contribution in [0.15, 0.2) is 40.4 Å². The van der Waals surface area contributed by atoms with Gasteiger partial charge in [0.05, 0.1) is 0 Å². The first-order valence-corrected chi connectivity index (χ1v) is 7.65. The number of carbonyl (C=O) groups excluding carboxylic acids is 1. The maximum Gasteiger partial charge on any atom is 0.344 e. The van der Waals surface area contributed by atoms with E-state index >= 15 is 0 Å². The molecule has 0 fully saturated rings. The van der Waals surface area contributed by atoms with Crippen molar-refractivity contribution in [3.63, 3.8) is 0 Å². The van der Waals surface area contributed by atoms with E-state index in [9.17, 15) is 9.18 Å². The van der Waals surface area contributed by atoms with Crippen LogP contribution in [0.3, 0.4) is 0 Å². The van der Waals surface area contributed by atoms with Crippen molar-refractivity contribution in [1.29, 1.82) is 0 Å². The Balaban J connectivity index is 2.17. The highest BCUT2D eigenvalue weighted by atomic mass is 32.2. The second-order valence-corrected chi connectivity index (χ2v) is 5.65. The first-order valence-electron chi connectivity index (χ1n) is 6.84. The van der Waals surface area contributed by atoms with E-state index in [0.717, 1.165) is 5.56 Å². The Morgan fingerprint density at radius 2 is 2.05 bits per heavy atom. The summed E-state index contributed by atoms with van der Waals surface area (Å²) >= 11 is 1.22. The van der Waals surface area contributed by atoms with Gasteiger partial charge < -0.3 is 4.90 Å². The topological polar surface area (TPSA) is 38.1 Å². The van der Waals surface area contributed by atoms with Crippen molar-refractivity contribution >= 4 is 17.8 Å². The summed E-state index contributed by atoms with van der Waals surface area (Å²) in [4.78, 5) is 14.3. The molecule has 0 saturated carbocycles. The lowest BCUT2D eigenvalue weighted by Crippen LogP contribution is -2.34. The molecule has 112 valence electrons. The van der Waals surface area contributed by atoms with Crippen molar-refractivity contribution in [2.45, 2.75) is 30.7 Å². The van der Waals surface area contributed by atoms with Crippen LogP contribution >= 0.6 is 11.8 Å². The van der Waals surface area contributed by atoms with Gasteiger partial charge in [-0.15, -0.1) is 0 Å². The molecule has 0 saturated heterocycles. The van der Waals surface area contributed by atoms with Gasteiger partial charge >= 0.3 is 6.03 Å². The molecule has 4 nitrogen and oxygen atoms in total. The van der Waals surface area contributed by atoms with Crippen LogP contribution in [0.25, 0.3) is 0 Å². The number of hydrogen-bond acceptors (Lipinski definition) is 3. The molecular formula is C15H18FN3OS. The number of aryl methyl sites for hydroxylation is 1. The molecule has 0 aliphatic heterocycles. The van der Waals surface area contributed by atoms with Crippen molar-refractivity contribution < 1.29 is 9.18 Å². The van der Waals surface area contributed by atoms with Gasteiger partial charge in [-0.05, 0) is 44.5 Å². The fraction of sp³-hybridized carbons (Fsp3) is 0.333. The molecule has 0 radical (unpaired) electrons. The van der Waals surface area contributed by atoms with Gasteiger partial charge in [-0.3, -0.25) is 0 Å². The van der Waals surface area contributed by atoms with E-state index in [2.05, 4.69) is 5.10 Å². The third-order valence-electron chi connectivity index (χ3n) is 3.10. The van der Waals surface area contributed by atoms with Crippen molar-refractivity contribution in [2.75, 3.05) is 13.1 Å². The highest BCUT2D eigenvalue weighted by Gasteiger charge is 2.14. The van der Waals surface area contributed by atoms with Crippen LogP contribution in [0.2, 0.25) is 0 Å². The summed E-state index contributed by atoms with van der Waals surface area (Å²) in [5.74, 6) is -0.282. The molecule has 21 heavy (non-hydrogen) atoms. The van der Waals surface area contributed by atoms with Gasteiger partial charge in [0.25, 0.3) is 0 Å². The number of aromatic nitrogens is 2. The number of halogens is 1. The zero-order valence-electron chi connectivity index (χ0n) is 12.3.